The number of carbonyl (C=O) groups is 1. The van der Waals surface area contributed by atoms with Crippen LogP contribution in [0.3, 0.4) is 0 Å². The lowest BCUT2D eigenvalue weighted by Gasteiger charge is -2.23. The monoisotopic (exact) mass is 364 g/mol. The molecule has 3 nitrogen and oxygen atoms in total. The van der Waals surface area contributed by atoms with Crippen LogP contribution in [0, 0.1) is 0 Å². The minimum Gasteiger partial charge on any atom is -0.348 e. The van der Waals surface area contributed by atoms with E-state index in [2.05, 4.69) is 71.1 Å². The highest BCUT2D eigenvalue weighted by molar-refractivity contribution is 7.09. The van der Waals surface area contributed by atoms with Crippen LogP contribution >= 0.6 is 11.3 Å². The fourth-order valence-corrected chi connectivity index (χ4v) is 4.26. The van der Waals surface area contributed by atoms with Crippen LogP contribution in [-0.4, -0.2) is 23.4 Å². The number of hydrogen-bond donors (Lipinski definition) is 1. The van der Waals surface area contributed by atoms with E-state index in [1.54, 1.807) is 11.3 Å². The molecule has 1 amide bonds. The van der Waals surface area contributed by atoms with E-state index in [0.29, 0.717) is 12.6 Å². The van der Waals surface area contributed by atoms with Crippen LogP contribution in [0.25, 0.3) is 10.8 Å². The predicted molar refractivity (Wildman–Crippen MR) is 108 cm³/mol. The highest BCUT2D eigenvalue weighted by atomic mass is 32.1. The van der Waals surface area contributed by atoms with E-state index in [4.69, 9.17) is 0 Å². The van der Waals surface area contributed by atoms with Crippen LogP contribution in [-0.2, 0) is 11.3 Å². The molecule has 1 atom stereocenters. The van der Waals surface area contributed by atoms with Crippen LogP contribution in [0.2, 0.25) is 0 Å². The smallest absolute Gasteiger partial charge is 0.234 e. The first kappa shape index (κ1) is 17.3. The molecular formula is C22H24N2OS. The molecule has 0 saturated heterocycles. The normalized spacial score (nSPS) is 15.3. The summed E-state index contributed by atoms with van der Waals surface area (Å²) < 4.78 is 0. The summed E-state index contributed by atoms with van der Waals surface area (Å²) in [6.07, 6.45) is 2.41. The van der Waals surface area contributed by atoms with Gasteiger partial charge in [0.2, 0.25) is 5.91 Å². The van der Waals surface area contributed by atoms with Crippen LogP contribution in [0.4, 0.5) is 0 Å². The lowest BCUT2D eigenvalue weighted by atomic mass is 10.00. The average molecular weight is 365 g/mol. The predicted octanol–water partition coefficient (Wildman–Crippen LogP) is 4.74. The van der Waals surface area contributed by atoms with Crippen molar-refractivity contribution in [1.29, 1.82) is 0 Å². The molecule has 1 aliphatic carbocycles. The van der Waals surface area contributed by atoms with Crippen molar-refractivity contribution in [3.05, 3.63) is 70.4 Å². The number of benzene rings is 2. The van der Waals surface area contributed by atoms with Crippen LogP contribution < -0.4 is 5.32 Å². The number of nitrogens with zero attached hydrogens (tertiary/aromatic N) is 1. The summed E-state index contributed by atoms with van der Waals surface area (Å²) in [7, 11) is 0. The van der Waals surface area contributed by atoms with Crippen molar-refractivity contribution in [2.45, 2.75) is 38.4 Å². The van der Waals surface area contributed by atoms with Crippen LogP contribution in [0.1, 0.15) is 36.2 Å². The van der Waals surface area contributed by atoms with E-state index >= 15 is 0 Å². The number of fused-ring (bicyclic) bond motifs is 1. The summed E-state index contributed by atoms with van der Waals surface area (Å²) in [5.74, 6) is 0.105. The van der Waals surface area contributed by atoms with Crippen molar-refractivity contribution in [3.8, 4) is 0 Å². The largest absolute Gasteiger partial charge is 0.348 e. The van der Waals surface area contributed by atoms with Gasteiger partial charge in [0.25, 0.3) is 0 Å². The Labute approximate surface area is 158 Å². The van der Waals surface area contributed by atoms with E-state index in [1.807, 2.05) is 6.07 Å². The SMILES string of the molecule is CC(NC(=O)CN(Cc1cccs1)C1CC1)c1cccc2ccccc12. The third-order valence-electron chi connectivity index (χ3n) is 5.02. The molecule has 1 aliphatic rings. The van der Waals surface area contributed by atoms with Gasteiger partial charge >= 0.3 is 0 Å². The van der Waals surface area contributed by atoms with Gasteiger partial charge in [0.1, 0.15) is 0 Å². The van der Waals surface area contributed by atoms with Crippen molar-refractivity contribution in [1.82, 2.24) is 10.2 Å². The van der Waals surface area contributed by atoms with E-state index in [-0.39, 0.29) is 11.9 Å². The first-order chi connectivity index (χ1) is 12.7. The van der Waals surface area contributed by atoms with E-state index in [0.717, 1.165) is 6.54 Å². The van der Waals surface area contributed by atoms with Crippen molar-refractivity contribution < 1.29 is 4.79 Å². The Hall–Kier alpha value is -2.17. The quantitative estimate of drug-likeness (QED) is 0.656. The Bertz CT molecular complexity index is 881. The summed E-state index contributed by atoms with van der Waals surface area (Å²) in [6.45, 7) is 3.41. The first-order valence-electron chi connectivity index (χ1n) is 9.24. The topological polar surface area (TPSA) is 32.3 Å². The maximum absolute atomic E-state index is 12.7. The number of hydrogen-bond acceptors (Lipinski definition) is 3. The number of nitrogens with one attached hydrogen (secondary N) is 1. The molecule has 4 rings (SSSR count). The molecule has 4 heteroatoms. The molecule has 1 saturated carbocycles. The lowest BCUT2D eigenvalue weighted by molar-refractivity contribution is -0.123. The molecule has 26 heavy (non-hydrogen) atoms. The Morgan fingerprint density at radius 1 is 1.15 bits per heavy atom. The van der Waals surface area contributed by atoms with Gasteiger partial charge in [-0.2, -0.15) is 0 Å². The van der Waals surface area contributed by atoms with E-state index in [9.17, 15) is 4.79 Å². The number of amides is 1. The minimum absolute atomic E-state index is 0.00334. The number of carbonyl (C=O) groups excluding carboxylic acids is 1. The van der Waals surface area contributed by atoms with Crippen molar-refractivity contribution in [2.75, 3.05) is 6.54 Å². The van der Waals surface area contributed by atoms with Gasteiger partial charge in [0.15, 0.2) is 0 Å². The second-order valence-corrected chi connectivity index (χ2v) is 8.11. The molecule has 1 aromatic heterocycles. The molecule has 2 aromatic carbocycles. The van der Waals surface area contributed by atoms with E-state index < -0.39 is 0 Å². The van der Waals surface area contributed by atoms with Gasteiger partial charge in [-0.1, -0.05) is 48.5 Å². The molecule has 1 unspecified atom stereocenters. The van der Waals surface area contributed by atoms with Gasteiger partial charge in [-0.05, 0) is 47.5 Å². The maximum Gasteiger partial charge on any atom is 0.234 e. The van der Waals surface area contributed by atoms with Gasteiger partial charge in [0.05, 0.1) is 12.6 Å². The first-order valence-corrected chi connectivity index (χ1v) is 10.1. The van der Waals surface area contributed by atoms with Crippen molar-refractivity contribution >= 4 is 28.0 Å². The Morgan fingerprint density at radius 2 is 1.96 bits per heavy atom. The van der Waals surface area contributed by atoms with Gasteiger partial charge in [-0.3, -0.25) is 9.69 Å². The lowest BCUT2D eigenvalue weighted by Crippen LogP contribution is -2.39. The Balaban J connectivity index is 1.43. The Morgan fingerprint density at radius 3 is 2.73 bits per heavy atom. The summed E-state index contributed by atoms with van der Waals surface area (Å²) >= 11 is 1.76. The summed E-state index contributed by atoms with van der Waals surface area (Å²) in [5, 5.41) is 7.72. The molecule has 0 spiro atoms. The van der Waals surface area contributed by atoms with Gasteiger partial charge in [-0.15, -0.1) is 11.3 Å². The van der Waals surface area contributed by atoms with Gasteiger partial charge in [-0.25, -0.2) is 0 Å². The standard InChI is InChI=1S/C22H24N2OS/c1-16(20-10-4-7-17-6-2-3-9-21(17)20)23-22(25)15-24(18-11-12-18)14-19-8-5-13-26-19/h2-10,13,16,18H,11-12,14-15H2,1H3,(H,23,25). The zero-order valence-corrected chi connectivity index (χ0v) is 15.8. The molecule has 1 fully saturated rings. The molecule has 0 bridgehead atoms. The summed E-state index contributed by atoms with van der Waals surface area (Å²) in [5.41, 5.74) is 1.17. The maximum atomic E-state index is 12.7. The summed E-state index contributed by atoms with van der Waals surface area (Å²) in [4.78, 5) is 16.3. The molecule has 3 aromatic rings. The zero-order chi connectivity index (χ0) is 17.9. The Kier molecular flexibility index (Phi) is 5.05. The highest BCUT2D eigenvalue weighted by Crippen LogP contribution is 2.29. The number of rotatable bonds is 7. The molecular weight excluding hydrogens is 340 g/mol. The second kappa shape index (κ2) is 7.60. The second-order valence-electron chi connectivity index (χ2n) is 7.07. The third-order valence-corrected chi connectivity index (χ3v) is 5.88. The van der Waals surface area contributed by atoms with E-state index in [1.165, 1.54) is 34.1 Å². The van der Waals surface area contributed by atoms with Gasteiger partial charge in [0, 0.05) is 17.5 Å². The molecule has 0 radical (unpaired) electrons. The highest BCUT2D eigenvalue weighted by Gasteiger charge is 2.30. The van der Waals surface area contributed by atoms with Crippen molar-refractivity contribution in [2.24, 2.45) is 0 Å². The number of thiophene rings is 1. The molecule has 0 aliphatic heterocycles. The fraction of sp³-hybridized carbons (Fsp3) is 0.318. The third kappa shape index (κ3) is 3.97. The average Bonchev–Trinajstić information content (AvgIpc) is 3.38. The fourth-order valence-electron chi connectivity index (χ4n) is 3.53. The van der Waals surface area contributed by atoms with Crippen LogP contribution in [0.15, 0.2) is 60.0 Å². The van der Waals surface area contributed by atoms with Crippen molar-refractivity contribution in [3.63, 3.8) is 0 Å². The van der Waals surface area contributed by atoms with Crippen LogP contribution in [0.5, 0.6) is 0 Å². The molecule has 1 N–H and O–H groups in total. The molecule has 1 heterocycles. The summed E-state index contributed by atoms with van der Waals surface area (Å²) in [6, 6.07) is 19.4. The minimum atomic E-state index is -0.00334. The molecule has 134 valence electrons. The zero-order valence-electron chi connectivity index (χ0n) is 15.0. The van der Waals surface area contributed by atoms with Gasteiger partial charge < -0.3 is 5.32 Å².